The summed E-state index contributed by atoms with van der Waals surface area (Å²) < 4.78 is 6.34. The number of thioether (sulfide) groups is 1. The number of aromatic nitrogens is 2. The number of hydrogen-bond donors (Lipinski definition) is 1. The van der Waals surface area contributed by atoms with Gasteiger partial charge in [-0.3, -0.25) is 9.59 Å². The van der Waals surface area contributed by atoms with Crippen LogP contribution in [0.3, 0.4) is 0 Å². The number of ether oxygens (including phenoxy) is 1. The van der Waals surface area contributed by atoms with Crippen LogP contribution in [0.4, 0.5) is 5.13 Å². The van der Waals surface area contributed by atoms with Crippen molar-refractivity contribution in [1.82, 2.24) is 15.1 Å². The van der Waals surface area contributed by atoms with E-state index in [0.717, 1.165) is 15.2 Å². The predicted octanol–water partition coefficient (Wildman–Crippen LogP) is 1.87. The molecule has 1 aliphatic heterocycles. The lowest BCUT2D eigenvalue weighted by Gasteiger charge is -2.34. The number of hydrogen-bond acceptors (Lipinski definition) is 8. The quantitative estimate of drug-likeness (QED) is 0.681. The highest BCUT2D eigenvalue weighted by molar-refractivity contribution is 8.01. The molecular weight excluding hydrogens is 398 g/mol. The van der Waals surface area contributed by atoms with Crippen molar-refractivity contribution in [1.29, 1.82) is 0 Å². The van der Waals surface area contributed by atoms with Gasteiger partial charge < -0.3 is 20.3 Å². The van der Waals surface area contributed by atoms with Gasteiger partial charge in [0.1, 0.15) is 5.75 Å². The molecule has 150 valence electrons. The number of carbonyl (C=O) groups excluding carboxylic acids is 2. The summed E-state index contributed by atoms with van der Waals surface area (Å²) in [7, 11) is 0. The zero-order valence-corrected chi connectivity index (χ0v) is 17.5. The summed E-state index contributed by atoms with van der Waals surface area (Å²) in [5.74, 6) is 0.596. The summed E-state index contributed by atoms with van der Waals surface area (Å²) in [5, 5.41) is 9.07. The van der Waals surface area contributed by atoms with Crippen LogP contribution in [-0.2, 0) is 4.79 Å². The monoisotopic (exact) mass is 421 g/mol. The number of anilines is 1. The van der Waals surface area contributed by atoms with Crippen molar-refractivity contribution < 1.29 is 14.3 Å². The zero-order chi connectivity index (χ0) is 20.1. The molecule has 8 nitrogen and oxygen atoms in total. The fourth-order valence-corrected chi connectivity index (χ4v) is 4.38. The average molecular weight is 422 g/mol. The molecule has 0 radical (unpaired) electrons. The summed E-state index contributed by atoms with van der Waals surface area (Å²) in [6, 6.07) is 7.27. The molecule has 0 atom stereocenters. The Kier molecular flexibility index (Phi) is 6.74. The van der Waals surface area contributed by atoms with E-state index in [0.29, 0.717) is 31.7 Å². The highest BCUT2D eigenvalue weighted by Crippen LogP contribution is 2.28. The van der Waals surface area contributed by atoms with E-state index in [4.69, 9.17) is 10.5 Å². The maximum Gasteiger partial charge on any atom is 0.253 e. The summed E-state index contributed by atoms with van der Waals surface area (Å²) in [5.41, 5.74) is 5.81. The molecule has 3 rings (SSSR count). The molecular formula is C18H23N5O3S2. The first-order valence-corrected chi connectivity index (χ1v) is 10.8. The Balaban J connectivity index is 1.53. The van der Waals surface area contributed by atoms with Gasteiger partial charge in [0.25, 0.3) is 5.91 Å². The van der Waals surface area contributed by atoms with Crippen LogP contribution in [-0.4, -0.2) is 64.9 Å². The molecule has 2 heterocycles. The lowest BCUT2D eigenvalue weighted by atomic mass is 10.1. The molecule has 0 spiro atoms. The van der Waals surface area contributed by atoms with Crippen molar-refractivity contribution in [3.05, 3.63) is 29.8 Å². The van der Waals surface area contributed by atoms with Crippen molar-refractivity contribution in [2.45, 2.75) is 24.3 Å². The minimum absolute atomic E-state index is 0.0192. The van der Waals surface area contributed by atoms with E-state index >= 15 is 0 Å². The lowest BCUT2D eigenvalue weighted by molar-refractivity contribution is -0.115. The zero-order valence-electron chi connectivity index (χ0n) is 15.8. The standard InChI is InChI=1S/C18H23N5O3S2/c1-12(2)26-14-5-3-13(4-6-14)16(25)22-7-9-23(10-8-22)17-20-21-18(28-17)27-11-15(19)24/h3-6,12H,7-11H2,1-2H3,(H2,19,24). The summed E-state index contributed by atoms with van der Waals surface area (Å²) in [6.45, 7) is 6.55. The maximum absolute atomic E-state index is 12.7. The van der Waals surface area contributed by atoms with E-state index in [1.54, 1.807) is 12.1 Å². The van der Waals surface area contributed by atoms with Crippen LogP contribution in [0.5, 0.6) is 5.75 Å². The number of benzene rings is 1. The molecule has 1 aromatic carbocycles. The van der Waals surface area contributed by atoms with Crippen molar-refractivity contribution in [3.63, 3.8) is 0 Å². The SMILES string of the molecule is CC(C)Oc1ccc(C(=O)N2CCN(c3nnc(SCC(N)=O)s3)CC2)cc1. The summed E-state index contributed by atoms with van der Waals surface area (Å²) >= 11 is 2.72. The van der Waals surface area contributed by atoms with Crippen molar-refractivity contribution >= 4 is 40.0 Å². The van der Waals surface area contributed by atoms with Gasteiger partial charge in [0, 0.05) is 31.7 Å². The lowest BCUT2D eigenvalue weighted by Crippen LogP contribution is -2.48. The normalized spacial score (nSPS) is 14.4. The Morgan fingerprint density at radius 2 is 1.86 bits per heavy atom. The van der Waals surface area contributed by atoms with Gasteiger partial charge >= 0.3 is 0 Å². The predicted molar refractivity (Wildman–Crippen MR) is 110 cm³/mol. The molecule has 1 aliphatic rings. The second-order valence-corrected chi connectivity index (χ2v) is 8.75. The number of rotatable bonds is 7. The van der Waals surface area contributed by atoms with Crippen LogP contribution < -0.4 is 15.4 Å². The van der Waals surface area contributed by atoms with Crippen molar-refractivity contribution in [2.24, 2.45) is 5.73 Å². The number of nitrogens with two attached hydrogens (primary N) is 1. The van der Waals surface area contributed by atoms with Crippen LogP contribution in [0.2, 0.25) is 0 Å². The molecule has 1 aromatic heterocycles. The first-order valence-electron chi connectivity index (χ1n) is 8.98. The molecule has 0 saturated carbocycles. The molecule has 2 N–H and O–H groups in total. The number of amides is 2. The fourth-order valence-electron chi connectivity index (χ4n) is 2.75. The van der Waals surface area contributed by atoms with Crippen LogP contribution in [0.15, 0.2) is 28.6 Å². The van der Waals surface area contributed by atoms with Gasteiger partial charge in [0.05, 0.1) is 11.9 Å². The number of piperazine rings is 1. The molecule has 2 amide bonds. The Labute approximate surface area is 172 Å². The fraction of sp³-hybridized carbons (Fsp3) is 0.444. The van der Waals surface area contributed by atoms with Crippen LogP contribution >= 0.6 is 23.1 Å². The maximum atomic E-state index is 12.7. The Bertz CT molecular complexity index is 817. The van der Waals surface area contributed by atoms with Crippen LogP contribution in [0.1, 0.15) is 24.2 Å². The molecule has 2 aromatic rings. The number of primary amides is 1. The first kappa shape index (κ1) is 20.4. The highest BCUT2D eigenvalue weighted by Gasteiger charge is 2.24. The third kappa shape index (κ3) is 5.35. The minimum atomic E-state index is -0.377. The molecule has 0 aliphatic carbocycles. The van der Waals surface area contributed by atoms with Crippen molar-refractivity contribution in [2.75, 3.05) is 36.8 Å². The highest BCUT2D eigenvalue weighted by atomic mass is 32.2. The van der Waals surface area contributed by atoms with Gasteiger partial charge in [-0.15, -0.1) is 10.2 Å². The molecule has 1 saturated heterocycles. The molecule has 10 heteroatoms. The second kappa shape index (κ2) is 9.24. The summed E-state index contributed by atoms with van der Waals surface area (Å²) in [6.07, 6.45) is 0.102. The topological polar surface area (TPSA) is 102 Å². The Morgan fingerprint density at radius 3 is 2.46 bits per heavy atom. The van der Waals surface area contributed by atoms with E-state index in [1.165, 1.54) is 23.1 Å². The molecule has 0 bridgehead atoms. The number of carbonyl (C=O) groups is 2. The number of nitrogens with zero attached hydrogens (tertiary/aromatic N) is 4. The van der Waals surface area contributed by atoms with E-state index < -0.39 is 0 Å². The molecule has 1 fully saturated rings. The first-order chi connectivity index (χ1) is 13.4. The minimum Gasteiger partial charge on any atom is -0.491 e. The largest absolute Gasteiger partial charge is 0.491 e. The van der Waals surface area contributed by atoms with Gasteiger partial charge in [-0.1, -0.05) is 23.1 Å². The van der Waals surface area contributed by atoms with Crippen LogP contribution in [0, 0.1) is 0 Å². The molecule has 0 unspecified atom stereocenters. The van der Waals surface area contributed by atoms with Gasteiger partial charge in [0.2, 0.25) is 11.0 Å². The summed E-state index contributed by atoms with van der Waals surface area (Å²) in [4.78, 5) is 27.5. The van der Waals surface area contributed by atoms with E-state index in [2.05, 4.69) is 15.1 Å². The van der Waals surface area contributed by atoms with Crippen LogP contribution in [0.25, 0.3) is 0 Å². The Morgan fingerprint density at radius 1 is 1.18 bits per heavy atom. The van der Waals surface area contributed by atoms with Gasteiger partial charge in [-0.25, -0.2) is 0 Å². The van der Waals surface area contributed by atoms with Gasteiger partial charge in [0.15, 0.2) is 4.34 Å². The van der Waals surface area contributed by atoms with E-state index in [1.807, 2.05) is 30.9 Å². The van der Waals surface area contributed by atoms with E-state index in [-0.39, 0.29) is 23.7 Å². The van der Waals surface area contributed by atoms with E-state index in [9.17, 15) is 9.59 Å². The third-order valence-corrected chi connectivity index (χ3v) is 6.18. The van der Waals surface area contributed by atoms with Gasteiger partial charge in [-0.05, 0) is 38.1 Å². The second-order valence-electron chi connectivity index (χ2n) is 6.58. The van der Waals surface area contributed by atoms with Gasteiger partial charge in [-0.2, -0.15) is 0 Å². The smallest absolute Gasteiger partial charge is 0.253 e. The van der Waals surface area contributed by atoms with Crippen molar-refractivity contribution in [3.8, 4) is 5.75 Å². The average Bonchev–Trinajstić information content (AvgIpc) is 3.15. The third-order valence-electron chi connectivity index (χ3n) is 4.04. The Hall–Kier alpha value is -2.33. The molecule has 28 heavy (non-hydrogen) atoms.